The maximum absolute atomic E-state index is 12.7. The molecule has 1 N–H and O–H groups in total. The maximum atomic E-state index is 12.7. The van der Waals surface area contributed by atoms with E-state index in [9.17, 15) is 4.79 Å². The Hall–Kier alpha value is -1.99. The molecule has 0 aliphatic carbocycles. The van der Waals surface area contributed by atoms with E-state index in [1.54, 1.807) is 18.2 Å². The maximum Gasteiger partial charge on any atom is 0.217 e. The van der Waals surface area contributed by atoms with Gasteiger partial charge in [-0.3, -0.25) is 14.8 Å². The standard InChI is InChI=1S/C21H20Cl2N4OS/c22-16-6-7-18(23)17(12-16)20-24-21(29)27(25-20)13-26-10-8-15(9-11-26)19(28)14-4-2-1-3-5-14/h1-7,12,15H,8-11,13H2,(H,24,25,29). The highest BCUT2D eigenvalue weighted by molar-refractivity contribution is 7.71. The zero-order valence-electron chi connectivity index (χ0n) is 15.6. The summed E-state index contributed by atoms with van der Waals surface area (Å²) in [6.45, 7) is 2.25. The van der Waals surface area contributed by atoms with Crippen LogP contribution in [0.4, 0.5) is 0 Å². The Morgan fingerprint density at radius 2 is 1.86 bits per heavy atom. The molecule has 0 atom stereocenters. The lowest BCUT2D eigenvalue weighted by Crippen LogP contribution is -2.37. The van der Waals surface area contributed by atoms with Gasteiger partial charge in [-0.05, 0) is 43.3 Å². The fourth-order valence-corrected chi connectivity index (χ4v) is 4.20. The first kappa shape index (κ1) is 20.3. The largest absolute Gasteiger partial charge is 0.294 e. The predicted molar refractivity (Wildman–Crippen MR) is 118 cm³/mol. The number of rotatable bonds is 5. The number of carbonyl (C=O) groups excluding carboxylic acids is 1. The minimum absolute atomic E-state index is 0.0733. The van der Waals surface area contributed by atoms with Crippen LogP contribution in [-0.4, -0.2) is 38.5 Å². The lowest BCUT2D eigenvalue weighted by molar-refractivity contribution is 0.0803. The van der Waals surface area contributed by atoms with Crippen molar-refractivity contribution in [2.24, 2.45) is 5.92 Å². The van der Waals surface area contributed by atoms with Gasteiger partial charge in [-0.1, -0.05) is 53.5 Å². The minimum Gasteiger partial charge on any atom is -0.294 e. The van der Waals surface area contributed by atoms with Crippen molar-refractivity contribution < 1.29 is 4.79 Å². The molecule has 1 aliphatic heterocycles. The number of carbonyl (C=O) groups is 1. The van der Waals surface area contributed by atoms with E-state index in [1.807, 2.05) is 35.0 Å². The van der Waals surface area contributed by atoms with Crippen molar-refractivity contribution in [1.29, 1.82) is 0 Å². The SMILES string of the molecule is O=C(c1ccccc1)C1CCN(Cn2[nH]c(-c3cc(Cl)ccc3Cl)nc2=S)CC1. The highest BCUT2D eigenvalue weighted by Crippen LogP contribution is 2.28. The molecule has 0 spiro atoms. The van der Waals surface area contributed by atoms with Crippen LogP contribution in [0.1, 0.15) is 23.2 Å². The van der Waals surface area contributed by atoms with Crippen LogP contribution in [-0.2, 0) is 6.67 Å². The van der Waals surface area contributed by atoms with Gasteiger partial charge in [-0.2, -0.15) is 4.98 Å². The Bertz CT molecular complexity index is 1070. The van der Waals surface area contributed by atoms with Gasteiger partial charge in [0.05, 0.1) is 11.7 Å². The van der Waals surface area contributed by atoms with E-state index < -0.39 is 0 Å². The summed E-state index contributed by atoms with van der Waals surface area (Å²) in [6.07, 6.45) is 1.67. The van der Waals surface area contributed by atoms with Crippen LogP contribution in [0.3, 0.4) is 0 Å². The summed E-state index contributed by atoms with van der Waals surface area (Å²) < 4.78 is 2.28. The summed E-state index contributed by atoms with van der Waals surface area (Å²) in [7, 11) is 0. The molecular formula is C21H20Cl2N4OS. The van der Waals surface area contributed by atoms with Gasteiger partial charge in [0.1, 0.15) is 0 Å². The summed E-state index contributed by atoms with van der Waals surface area (Å²) in [5, 5.41) is 4.37. The van der Waals surface area contributed by atoms with Gasteiger partial charge in [-0.25, -0.2) is 4.68 Å². The predicted octanol–water partition coefficient (Wildman–Crippen LogP) is 5.47. The Morgan fingerprint density at radius 3 is 2.59 bits per heavy atom. The average molecular weight is 447 g/mol. The molecule has 5 nitrogen and oxygen atoms in total. The van der Waals surface area contributed by atoms with E-state index in [2.05, 4.69) is 15.0 Å². The first-order valence-corrected chi connectivity index (χ1v) is 10.6. The van der Waals surface area contributed by atoms with Crippen molar-refractivity contribution in [3.05, 3.63) is 68.9 Å². The van der Waals surface area contributed by atoms with Crippen molar-refractivity contribution in [2.45, 2.75) is 19.5 Å². The average Bonchev–Trinajstić information content (AvgIpc) is 3.10. The molecule has 2 aromatic carbocycles. The second-order valence-corrected chi connectivity index (χ2v) is 8.38. The Labute approximate surface area is 184 Å². The van der Waals surface area contributed by atoms with Crippen LogP contribution >= 0.6 is 35.4 Å². The van der Waals surface area contributed by atoms with Gasteiger partial charge in [-0.15, -0.1) is 0 Å². The molecule has 29 heavy (non-hydrogen) atoms. The van der Waals surface area contributed by atoms with E-state index in [4.69, 9.17) is 35.4 Å². The molecule has 1 saturated heterocycles. The zero-order valence-corrected chi connectivity index (χ0v) is 18.0. The molecule has 150 valence electrons. The number of hydrogen-bond donors (Lipinski definition) is 1. The van der Waals surface area contributed by atoms with Gasteiger partial charge in [0, 0.05) is 35.2 Å². The topological polar surface area (TPSA) is 53.9 Å². The number of halogens is 2. The fourth-order valence-electron chi connectivity index (χ4n) is 3.63. The molecule has 0 amide bonds. The molecule has 1 aliphatic rings. The van der Waals surface area contributed by atoms with Crippen LogP contribution in [0.5, 0.6) is 0 Å². The lowest BCUT2D eigenvalue weighted by atomic mass is 9.89. The molecule has 4 rings (SSSR count). The van der Waals surface area contributed by atoms with Crippen molar-refractivity contribution >= 4 is 41.2 Å². The molecule has 0 saturated carbocycles. The highest BCUT2D eigenvalue weighted by atomic mass is 35.5. The number of benzene rings is 2. The Morgan fingerprint density at radius 1 is 1.14 bits per heavy atom. The summed E-state index contributed by atoms with van der Waals surface area (Å²) in [5.74, 6) is 0.905. The molecule has 1 fully saturated rings. The normalized spacial score (nSPS) is 15.5. The lowest BCUT2D eigenvalue weighted by Gasteiger charge is -2.31. The zero-order chi connectivity index (χ0) is 20.4. The van der Waals surface area contributed by atoms with Crippen molar-refractivity contribution in [3.8, 4) is 11.4 Å². The number of ketones is 1. The van der Waals surface area contributed by atoms with Gasteiger partial charge >= 0.3 is 0 Å². The quantitative estimate of drug-likeness (QED) is 0.417. The molecule has 3 aromatic rings. The second kappa shape index (κ2) is 8.79. The van der Waals surface area contributed by atoms with E-state index >= 15 is 0 Å². The summed E-state index contributed by atoms with van der Waals surface area (Å²) in [6, 6.07) is 14.8. The number of hydrogen-bond acceptors (Lipinski definition) is 4. The number of H-pyrrole nitrogens is 1. The van der Waals surface area contributed by atoms with E-state index in [0.29, 0.717) is 27.3 Å². The van der Waals surface area contributed by atoms with Crippen LogP contribution in [0.15, 0.2) is 48.5 Å². The minimum atomic E-state index is 0.0733. The van der Waals surface area contributed by atoms with Crippen LogP contribution in [0, 0.1) is 10.7 Å². The Kier molecular flexibility index (Phi) is 6.15. The molecule has 0 radical (unpaired) electrons. The van der Waals surface area contributed by atoms with Crippen LogP contribution in [0.25, 0.3) is 11.4 Å². The summed E-state index contributed by atoms with van der Waals surface area (Å²) >= 11 is 17.8. The van der Waals surface area contributed by atoms with Gasteiger partial charge in [0.2, 0.25) is 4.77 Å². The van der Waals surface area contributed by atoms with Crippen LogP contribution in [0.2, 0.25) is 10.0 Å². The third-order valence-corrected chi connectivity index (χ3v) is 6.10. The van der Waals surface area contributed by atoms with Crippen molar-refractivity contribution in [3.63, 3.8) is 0 Å². The third-order valence-electron chi connectivity index (χ3n) is 5.22. The van der Waals surface area contributed by atoms with E-state index in [1.165, 1.54) is 0 Å². The number of aromatic amines is 1. The second-order valence-electron chi connectivity index (χ2n) is 7.17. The van der Waals surface area contributed by atoms with Gasteiger partial charge < -0.3 is 0 Å². The first-order valence-electron chi connectivity index (χ1n) is 9.45. The number of piperidine rings is 1. The Balaban J connectivity index is 1.41. The molecule has 0 bridgehead atoms. The molecule has 8 heteroatoms. The van der Waals surface area contributed by atoms with E-state index in [-0.39, 0.29) is 11.7 Å². The third kappa shape index (κ3) is 4.61. The number of Topliss-reactive ketones (excluding diaryl/α,β-unsaturated/α-hetero) is 1. The number of likely N-dealkylation sites (tertiary alicyclic amines) is 1. The number of nitrogens with zero attached hydrogens (tertiary/aromatic N) is 3. The molecular weight excluding hydrogens is 427 g/mol. The fraction of sp³-hybridized carbons (Fsp3) is 0.286. The van der Waals surface area contributed by atoms with Crippen molar-refractivity contribution in [2.75, 3.05) is 13.1 Å². The summed E-state index contributed by atoms with van der Waals surface area (Å²) in [4.78, 5) is 19.4. The summed E-state index contributed by atoms with van der Waals surface area (Å²) in [5.41, 5.74) is 1.51. The van der Waals surface area contributed by atoms with E-state index in [0.717, 1.165) is 37.1 Å². The highest BCUT2D eigenvalue weighted by Gasteiger charge is 2.26. The van der Waals surface area contributed by atoms with Gasteiger partial charge in [0.25, 0.3) is 0 Å². The molecule has 1 aromatic heterocycles. The molecule has 0 unspecified atom stereocenters. The number of aromatic nitrogens is 3. The van der Waals surface area contributed by atoms with Crippen molar-refractivity contribution in [1.82, 2.24) is 19.7 Å². The smallest absolute Gasteiger partial charge is 0.217 e. The van der Waals surface area contributed by atoms with Crippen LogP contribution < -0.4 is 0 Å². The van der Waals surface area contributed by atoms with Gasteiger partial charge in [0.15, 0.2) is 11.6 Å². The number of nitrogens with one attached hydrogen (secondary N) is 1. The monoisotopic (exact) mass is 446 g/mol. The first-order chi connectivity index (χ1) is 14.0. The molecule has 2 heterocycles.